The van der Waals surface area contributed by atoms with E-state index >= 15 is 0 Å². The highest BCUT2D eigenvalue weighted by atomic mass is 35.5. The van der Waals surface area contributed by atoms with Gasteiger partial charge in [-0.15, -0.1) is 0 Å². The zero-order valence-corrected chi connectivity index (χ0v) is 9.27. The van der Waals surface area contributed by atoms with Crippen molar-refractivity contribution in [1.82, 2.24) is 0 Å². The van der Waals surface area contributed by atoms with Gasteiger partial charge in [0.15, 0.2) is 0 Å². The molecule has 2 N–H and O–H groups in total. The van der Waals surface area contributed by atoms with E-state index < -0.39 is 13.6 Å². The van der Waals surface area contributed by atoms with E-state index in [-0.39, 0.29) is 6.61 Å². The van der Waals surface area contributed by atoms with Crippen molar-refractivity contribution in [3.8, 4) is 0 Å². The van der Waals surface area contributed by atoms with Crippen LogP contribution >= 0.6 is 19.4 Å². The Hall–Kier alpha value is -0.420. The van der Waals surface area contributed by atoms with Crippen molar-refractivity contribution in [2.75, 3.05) is 0 Å². The second-order valence-corrected chi connectivity index (χ2v) is 4.22. The fraction of sp³-hybridized carbons (Fsp3) is 0.250. The topological polar surface area (TPSA) is 76.0 Å². The Labute approximate surface area is 91.8 Å². The van der Waals surface area contributed by atoms with Crippen LogP contribution < -0.4 is 0 Å². The maximum atomic E-state index is 10.4. The smallest absolute Gasteiger partial charge is 0.335 e. The highest BCUT2D eigenvalue weighted by molar-refractivity contribution is 7.46. The molecule has 1 aromatic carbocycles. The molecule has 0 saturated carbocycles. The zero-order valence-electron chi connectivity index (χ0n) is 7.62. The predicted octanol–water partition coefficient (Wildman–Crippen LogP) is 1.83. The maximum Gasteiger partial charge on any atom is 0.472 e. The first kappa shape index (κ1) is 12.6. The molecule has 0 fully saturated rings. The molecular formula is C8H10ClO5P. The fourth-order valence-electron chi connectivity index (χ4n) is 0.874. The molecule has 5 nitrogen and oxygen atoms in total. The van der Waals surface area contributed by atoms with E-state index in [1.807, 2.05) is 18.2 Å². The van der Waals surface area contributed by atoms with Gasteiger partial charge in [-0.3, -0.25) is 0 Å². The molecule has 0 aliphatic carbocycles. The van der Waals surface area contributed by atoms with Crippen molar-refractivity contribution in [3.05, 3.63) is 35.9 Å². The number of rotatable bonds is 5. The van der Waals surface area contributed by atoms with E-state index in [0.29, 0.717) is 0 Å². The molecule has 0 spiro atoms. The molecule has 1 atom stereocenters. The number of hydrogen-bond donors (Lipinski definition) is 2. The molecule has 1 aromatic rings. The third-order valence-corrected chi connectivity index (χ3v) is 2.25. The zero-order chi connectivity index (χ0) is 11.3. The number of phosphoric ester groups is 1. The molecule has 1 unspecified atom stereocenters. The molecule has 0 bridgehead atoms. The van der Waals surface area contributed by atoms with Crippen LogP contribution in [0.15, 0.2) is 30.3 Å². The second kappa shape index (κ2) is 5.61. The lowest BCUT2D eigenvalue weighted by Crippen LogP contribution is -2.08. The summed E-state index contributed by atoms with van der Waals surface area (Å²) in [5.41, 5.74) is 0.831. The minimum Gasteiger partial charge on any atom is -0.335 e. The Bertz CT molecular complexity index is 338. The second-order valence-electron chi connectivity index (χ2n) is 2.67. The number of ether oxygens (including phenoxy) is 1. The monoisotopic (exact) mass is 252 g/mol. The van der Waals surface area contributed by atoms with Crippen LogP contribution in [0.4, 0.5) is 0 Å². The normalized spacial score (nSPS) is 13.8. The summed E-state index contributed by atoms with van der Waals surface area (Å²) in [6.45, 7) is 0.120. The van der Waals surface area contributed by atoms with Crippen molar-refractivity contribution in [1.29, 1.82) is 0 Å². The summed E-state index contributed by atoms with van der Waals surface area (Å²) >= 11 is 5.38. The molecule has 84 valence electrons. The Morgan fingerprint density at radius 3 is 2.47 bits per heavy atom. The molecular weight excluding hydrogens is 243 g/mol. The largest absolute Gasteiger partial charge is 0.472 e. The van der Waals surface area contributed by atoms with Crippen molar-refractivity contribution in [2.45, 2.75) is 12.4 Å². The van der Waals surface area contributed by atoms with Gasteiger partial charge in [-0.25, -0.2) is 9.09 Å². The van der Waals surface area contributed by atoms with Crippen molar-refractivity contribution in [2.24, 2.45) is 0 Å². The Morgan fingerprint density at radius 1 is 1.33 bits per heavy atom. The van der Waals surface area contributed by atoms with Gasteiger partial charge >= 0.3 is 7.82 Å². The number of benzene rings is 1. The standard InChI is InChI=1S/C8H10ClO5P/c9-8(14-15(10,11)12)13-6-7-4-2-1-3-5-7/h1-5,8H,6H2,(H2,10,11,12). The predicted molar refractivity (Wildman–Crippen MR) is 54.0 cm³/mol. The van der Waals surface area contributed by atoms with Crippen LogP contribution in [-0.2, 0) is 20.4 Å². The average Bonchev–Trinajstić information content (AvgIpc) is 2.14. The van der Waals surface area contributed by atoms with E-state index in [1.54, 1.807) is 12.1 Å². The van der Waals surface area contributed by atoms with Crippen LogP contribution in [0.1, 0.15) is 5.56 Å². The summed E-state index contributed by atoms with van der Waals surface area (Å²) in [6.07, 6.45) is 0. The molecule has 7 heteroatoms. The quantitative estimate of drug-likeness (QED) is 0.475. The summed E-state index contributed by atoms with van der Waals surface area (Å²) in [4.78, 5) is 16.8. The lowest BCUT2D eigenvalue weighted by Gasteiger charge is -2.12. The molecule has 15 heavy (non-hydrogen) atoms. The van der Waals surface area contributed by atoms with Crippen LogP contribution in [0.25, 0.3) is 0 Å². The van der Waals surface area contributed by atoms with Gasteiger partial charge in [0.05, 0.1) is 6.61 Å². The van der Waals surface area contributed by atoms with Gasteiger partial charge < -0.3 is 14.5 Å². The number of phosphoric acid groups is 1. The first-order valence-corrected chi connectivity index (χ1v) is 5.97. The number of halogens is 1. The lowest BCUT2D eigenvalue weighted by molar-refractivity contribution is -0.0447. The number of hydrogen-bond acceptors (Lipinski definition) is 3. The van der Waals surface area contributed by atoms with Gasteiger partial charge in [-0.05, 0) is 5.56 Å². The Balaban J connectivity index is 2.35. The summed E-state index contributed by atoms with van der Waals surface area (Å²) in [7, 11) is -4.60. The summed E-state index contributed by atoms with van der Waals surface area (Å²) in [6, 6.07) is 9.05. The summed E-state index contributed by atoms with van der Waals surface area (Å²) in [5, 5.41) is 0. The van der Waals surface area contributed by atoms with Crippen molar-refractivity contribution in [3.63, 3.8) is 0 Å². The van der Waals surface area contributed by atoms with Crippen LogP contribution in [0, 0.1) is 0 Å². The van der Waals surface area contributed by atoms with Gasteiger partial charge in [-0.2, -0.15) is 0 Å². The third kappa shape index (κ3) is 5.89. The lowest BCUT2D eigenvalue weighted by atomic mass is 10.2. The fourth-order valence-corrected chi connectivity index (χ4v) is 1.53. The molecule has 0 aromatic heterocycles. The van der Waals surface area contributed by atoms with Gasteiger partial charge in [0.1, 0.15) is 0 Å². The summed E-state index contributed by atoms with van der Waals surface area (Å²) < 4.78 is 19.3. The van der Waals surface area contributed by atoms with E-state index in [4.69, 9.17) is 26.1 Å². The van der Waals surface area contributed by atoms with E-state index in [2.05, 4.69) is 4.52 Å². The van der Waals surface area contributed by atoms with Gasteiger partial charge in [-0.1, -0.05) is 41.9 Å². The van der Waals surface area contributed by atoms with Gasteiger partial charge in [0.2, 0.25) is 5.75 Å². The van der Waals surface area contributed by atoms with Crippen molar-refractivity contribution >= 4 is 19.4 Å². The van der Waals surface area contributed by atoms with Crippen LogP contribution in [0.5, 0.6) is 0 Å². The van der Waals surface area contributed by atoms with E-state index in [9.17, 15) is 4.57 Å². The Kier molecular flexibility index (Phi) is 4.73. The van der Waals surface area contributed by atoms with E-state index in [0.717, 1.165) is 5.56 Å². The Morgan fingerprint density at radius 2 is 1.93 bits per heavy atom. The molecule has 0 aliphatic heterocycles. The summed E-state index contributed by atoms with van der Waals surface area (Å²) in [5.74, 6) is -1.47. The molecule has 0 aliphatic rings. The van der Waals surface area contributed by atoms with Crippen LogP contribution in [-0.4, -0.2) is 15.5 Å². The average molecular weight is 253 g/mol. The first-order valence-electron chi connectivity index (χ1n) is 4.01. The highest BCUT2D eigenvalue weighted by Gasteiger charge is 2.20. The molecule has 1 rings (SSSR count). The third-order valence-electron chi connectivity index (χ3n) is 1.44. The van der Waals surface area contributed by atoms with Crippen LogP contribution in [0.3, 0.4) is 0 Å². The van der Waals surface area contributed by atoms with Gasteiger partial charge in [0, 0.05) is 0 Å². The molecule has 0 radical (unpaired) electrons. The molecule has 0 saturated heterocycles. The highest BCUT2D eigenvalue weighted by Crippen LogP contribution is 2.38. The van der Waals surface area contributed by atoms with Gasteiger partial charge in [0.25, 0.3) is 0 Å². The minimum atomic E-state index is -4.60. The van der Waals surface area contributed by atoms with Crippen molar-refractivity contribution < 1.29 is 23.6 Å². The first-order chi connectivity index (χ1) is 6.97. The minimum absolute atomic E-state index is 0.120. The molecule has 0 heterocycles. The number of alkyl halides is 1. The molecule has 0 amide bonds. The SMILES string of the molecule is O=P(O)(O)OC(Cl)OCc1ccccc1. The maximum absolute atomic E-state index is 10.4. The van der Waals surface area contributed by atoms with E-state index in [1.165, 1.54) is 0 Å². The van der Waals surface area contributed by atoms with Crippen LogP contribution in [0.2, 0.25) is 0 Å².